The predicted molar refractivity (Wildman–Crippen MR) is 71.0 cm³/mol. The Kier molecular flexibility index (Phi) is 3.27. The number of piperidine rings is 1. The van der Waals surface area contributed by atoms with Gasteiger partial charge in [-0.1, -0.05) is 12.1 Å². The van der Waals surface area contributed by atoms with Crippen LogP contribution in [0.4, 0.5) is 0 Å². The van der Waals surface area contributed by atoms with E-state index in [1.165, 1.54) is 24.9 Å². The third kappa shape index (κ3) is 2.13. The van der Waals surface area contributed by atoms with Gasteiger partial charge >= 0.3 is 0 Å². The first-order valence-corrected chi connectivity index (χ1v) is 6.84. The summed E-state index contributed by atoms with van der Waals surface area (Å²) in [6.07, 6.45) is 3.27. The molecule has 2 saturated heterocycles. The predicted octanol–water partition coefficient (Wildman–Crippen LogP) is 2.01. The second kappa shape index (κ2) is 4.90. The minimum absolute atomic E-state index is 0.197. The van der Waals surface area contributed by atoms with Gasteiger partial charge in [0.1, 0.15) is 5.75 Å². The normalized spacial score (nSPS) is 32.2. The topological polar surface area (TPSA) is 32.7 Å². The Balaban J connectivity index is 1.77. The maximum atomic E-state index is 10.3. The summed E-state index contributed by atoms with van der Waals surface area (Å²) < 4.78 is 5.18. The first-order chi connectivity index (χ1) is 8.78. The third-order valence-corrected chi connectivity index (χ3v) is 4.45. The van der Waals surface area contributed by atoms with Crippen molar-refractivity contribution in [2.45, 2.75) is 37.3 Å². The van der Waals surface area contributed by atoms with Gasteiger partial charge in [-0.15, -0.1) is 0 Å². The fourth-order valence-electron chi connectivity index (χ4n) is 3.40. The number of rotatable bonds is 2. The molecule has 0 saturated carbocycles. The summed E-state index contributed by atoms with van der Waals surface area (Å²) in [6.45, 7) is 2.20. The number of aliphatic hydroxyl groups excluding tert-OH is 1. The van der Waals surface area contributed by atoms with Crippen molar-refractivity contribution in [1.29, 1.82) is 0 Å². The van der Waals surface area contributed by atoms with E-state index in [0.717, 1.165) is 18.7 Å². The Hall–Kier alpha value is -1.06. The number of methoxy groups -OCH3 is 1. The van der Waals surface area contributed by atoms with E-state index in [2.05, 4.69) is 17.0 Å². The van der Waals surface area contributed by atoms with Crippen molar-refractivity contribution in [3.05, 3.63) is 29.8 Å². The zero-order chi connectivity index (χ0) is 12.5. The lowest BCUT2D eigenvalue weighted by atomic mass is 9.85. The summed E-state index contributed by atoms with van der Waals surface area (Å²) in [4.78, 5) is 2.54. The van der Waals surface area contributed by atoms with Gasteiger partial charge in [-0.3, -0.25) is 4.90 Å². The highest BCUT2D eigenvalue weighted by molar-refractivity contribution is 5.30. The van der Waals surface area contributed by atoms with Gasteiger partial charge in [0.05, 0.1) is 13.2 Å². The van der Waals surface area contributed by atoms with Crippen LogP contribution in [0.2, 0.25) is 0 Å². The number of ether oxygens (including phenoxy) is 1. The maximum absolute atomic E-state index is 10.3. The van der Waals surface area contributed by atoms with E-state index >= 15 is 0 Å². The molecule has 2 aliphatic rings. The van der Waals surface area contributed by atoms with E-state index in [4.69, 9.17) is 4.74 Å². The molecule has 0 radical (unpaired) electrons. The summed E-state index contributed by atoms with van der Waals surface area (Å²) >= 11 is 0. The number of aliphatic hydroxyl groups is 1. The van der Waals surface area contributed by atoms with Crippen LogP contribution in [0.5, 0.6) is 5.75 Å². The molecule has 3 heteroatoms. The first kappa shape index (κ1) is 12.0. The molecule has 3 rings (SSSR count). The standard InChI is InChI=1S/C15H21NO2/c1-18-13-6-4-11(5-7-13)14-10-16-8-2-3-12(16)9-15(14)17/h4-7,12,14-15,17H,2-3,8-10H2,1H3/t12-,14-,15-/m0/s1. The van der Waals surface area contributed by atoms with Crippen LogP contribution in [0, 0.1) is 0 Å². The van der Waals surface area contributed by atoms with Gasteiger partial charge in [0.2, 0.25) is 0 Å². The molecule has 98 valence electrons. The van der Waals surface area contributed by atoms with Crippen LogP contribution in [-0.4, -0.2) is 42.4 Å². The van der Waals surface area contributed by atoms with E-state index in [1.807, 2.05) is 12.1 Å². The van der Waals surface area contributed by atoms with Crippen molar-refractivity contribution in [2.24, 2.45) is 0 Å². The highest BCUT2D eigenvalue weighted by Gasteiger charge is 2.37. The molecule has 0 unspecified atom stereocenters. The molecule has 0 aliphatic carbocycles. The largest absolute Gasteiger partial charge is 0.497 e. The van der Waals surface area contributed by atoms with E-state index in [0.29, 0.717) is 6.04 Å². The Morgan fingerprint density at radius 2 is 2.06 bits per heavy atom. The SMILES string of the molecule is COc1ccc([C@@H]2CN3CCC[C@H]3C[C@@H]2O)cc1. The molecule has 2 fully saturated rings. The van der Waals surface area contributed by atoms with Crippen LogP contribution in [0.3, 0.4) is 0 Å². The average Bonchev–Trinajstić information content (AvgIpc) is 2.85. The van der Waals surface area contributed by atoms with Crippen molar-refractivity contribution in [3.63, 3.8) is 0 Å². The second-order valence-electron chi connectivity index (χ2n) is 5.47. The van der Waals surface area contributed by atoms with Gasteiger partial charge in [-0.2, -0.15) is 0 Å². The number of fused-ring (bicyclic) bond motifs is 1. The second-order valence-corrected chi connectivity index (χ2v) is 5.47. The Bertz CT molecular complexity index is 403. The zero-order valence-corrected chi connectivity index (χ0v) is 10.9. The van der Waals surface area contributed by atoms with Crippen molar-refractivity contribution in [3.8, 4) is 5.75 Å². The maximum Gasteiger partial charge on any atom is 0.118 e. The summed E-state index contributed by atoms with van der Waals surface area (Å²) in [5.74, 6) is 1.13. The number of hydrogen-bond donors (Lipinski definition) is 1. The summed E-state index contributed by atoms with van der Waals surface area (Å²) in [7, 11) is 1.68. The van der Waals surface area contributed by atoms with E-state index in [1.54, 1.807) is 7.11 Å². The van der Waals surface area contributed by atoms with Gasteiger partial charge in [0, 0.05) is 18.5 Å². The molecule has 1 aromatic rings. The molecule has 0 bridgehead atoms. The highest BCUT2D eigenvalue weighted by atomic mass is 16.5. The van der Waals surface area contributed by atoms with Crippen LogP contribution in [-0.2, 0) is 0 Å². The van der Waals surface area contributed by atoms with Crippen molar-refractivity contribution < 1.29 is 9.84 Å². The molecule has 0 amide bonds. The molecule has 2 aliphatic heterocycles. The lowest BCUT2D eigenvalue weighted by Crippen LogP contribution is -2.45. The van der Waals surface area contributed by atoms with E-state index in [-0.39, 0.29) is 12.0 Å². The van der Waals surface area contributed by atoms with Crippen LogP contribution in [0.1, 0.15) is 30.7 Å². The van der Waals surface area contributed by atoms with Crippen LogP contribution in [0.25, 0.3) is 0 Å². The fraction of sp³-hybridized carbons (Fsp3) is 0.600. The van der Waals surface area contributed by atoms with Crippen molar-refractivity contribution in [2.75, 3.05) is 20.2 Å². The molecular formula is C15H21NO2. The van der Waals surface area contributed by atoms with Gasteiger partial charge in [-0.05, 0) is 43.5 Å². The Morgan fingerprint density at radius 1 is 1.28 bits per heavy atom. The third-order valence-electron chi connectivity index (χ3n) is 4.45. The summed E-state index contributed by atoms with van der Waals surface area (Å²) in [5, 5.41) is 10.3. The molecule has 3 atom stereocenters. The Labute approximate surface area is 108 Å². The average molecular weight is 247 g/mol. The molecule has 0 aromatic heterocycles. The molecular weight excluding hydrogens is 226 g/mol. The van der Waals surface area contributed by atoms with Crippen LogP contribution in [0.15, 0.2) is 24.3 Å². The first-order valence-electron chi connectivity index (χ1n) is 6.84. The minimum Gasteiger partial charge on any atom is -0.497 e. The number of nitrogens with zero attached hydrogens (tertiary/aromatic N) is 1. The molecule has 3 nitrogen and oxygen atoms in total. The lowest BCUT2D eigenvalue weighted by molar-refractivity contribution is 0.0408. The van der Waals surface area contributed by atoms with Gasteiger partial charge in [-0.25, -0.2) is 0 Å². The minimum atomic E-state index is -0.197. The smallest absolute Gasteiger partial charge is 0.118 e. The quantitative estimate of drug-likeness (QED) is 0.867. The molecule has 1 N–H and O–H groups in total. The van der Waals surface area contributed by atoms with Crippen molar-refractivity contribution >= 4 is 0 Å². The van der Waals surface area contributed by atoms with Crippen molar-refractivity contribution in [1.82, 2.24) is 4.90 Å². The number of benzene rings is 1. The van der Waals surface area contributed by atoms with Crippen LogP contribution >= 0.6 is 0 Å². The zero-order valence-electron chi connectivity index (χ0n) is 10.9. The van der Waals surface area contributed by atoms with Gasteiger partial charge in [0.25, 0.3) is 0 Å². The summed E-state index contributed by atoms with van der Waals surface area (Å²) in [6, 6.07) is 8.76. The lowest BCUT2D eigenvalue weighted by Gasteiger charge is -2.38. The van der Waals surface area contributed by atoms with E-state index in [9.17, 15) is 5.11 Å². The molecule has 1 aromatic carbocycles. The molecule has 2 heterocycles. The van der Waals surface area contributed by atoms with Gasteiger partial charge in [0.15, 0.2) is 0 Å². The van der Waals surface area contributed by atoms with Gasteiger partial charge < -0.3 is 9.84 Å². The molecule has 18 heavy (non-hydrogen) atoms. The van der Waals surface area contributed by atoms with Crippen LogP contribution < -0.4 is 4.74 Å². The monoisotopic (exact) mass is 247 g/mol. The fourth-order valence-corrected chi connectivity index (χ4v) is 3.40. The van der Waals surface area contributed by atoms with E-state index < -0.39 is 0 Å². The number of hydrogen-bond acceptors (Lipinski definition) is 3. The molecule has 0 spiro atoms. The highest BCUT2D eigenvalue weighted by Crippen LogP contribution is 2.35. The summed E-state index contributed by atoms with van der Waals surface area (Å²) in [5.41, 5.74) is 1.23. The Morgan fingerprint density at radius 3 is 2.78 bits per heavy atom.